The standard InChI is InChI=1S/C30H30GeN.C14H16NSi.Ir/c1-20(2)16-22-18-30(32-19-29(22)31(3,4)5)21-14-15-27-25-12-7-6-10-23(25)24-11-8-9-13-26(24)28(27)17-21;1-16(2,3)13-9-10-14(15-11-13)12-7-5-4-6-8-12;/h6-13,15,17-20H,16H2,1-5H3;4-7,9-11H,1-3H3;/q2*-1;. The quantitative estimate of drug-likeness (QED) is 0.0944. The molecule has 5 heteroatoms. The molecule has 0 bridgehead atoms. The Morgan fingerprint density at radius 2 is 1.22 bits per heavy atom. The molecule has 251 valence electrons. The molecule has 0 N–H and O–H groups in total. The van der Waals surface area contributed by atoms with Gasteiger partial charge in [-0.3, -0.25) is 0 Å². The molecule has 0 atom stereocenters. The van der Waals surface area contributed by atoms with E-state index >= 15 is 0 Å². The zero-order valence-corrected chi connectivity index (χ0v) is 35.5. The Hall–Kier alpha value is -3.41. The second-order valence-electron chi connectivity index (χ2n) is 15.3. The van der Waals surface area contributed by atoms with Crippen molar-refractivity contribution in [1.29, 1.82) is 0 Å². The summed E-state index contributed by atoms with van der Waals surface area (Å²) in [6.45, 7) is 11.6. The van der Waals surface area contributed by atoms with Crippen molar-refractivity contribution in [2.24, 2.45) is 5.92 Å². The molecule has 1 radical (unpaired) electrons. The van der Waals surface area contributed by atoms with Gasteiger partial charge in [0, 0.05) is 26.3 Å². The van der Waals surface area contributed by atoms with Crippen molar-refractivity contribution >= 4 is 63.2 Å². The zero-order valence-electron chi connectivity index (χ0n) is 30.0. The topological polar surface area (TPSA) is 25.8 Å². The SMILES string of the molecule is CC(C)Cc1cc(-c2[c-]cc3c4ccccc4c4ccccc4c3c2)nc[c]1[Ge]([CH3])([CH3])[CH3].C[Si](C)(C)c1ccc(-c2[c-]cccc2)nc1.[Ir]. The van der Waals surface area contributed by atoms with Gasteiger partial charge in [-0.15, -0.1) is 35.9 Å². The molecule has 2 heterocycles. The third kappa shape index (κ3) is 8.32. The van der Waals surface area contributed by atoms with Gasteiger partial charge in [0.25, 0.3) is 0 Å². The van der Waals surface area contributed by atoms with E-state index in [2.05, 4.69) is 153 Å². The van der Waals surface area contributed by atoms with Gasteiger partial charge < -0.3 is 4.98 Å². The number of rotatable bonds is 6. The smallest absolute Gasteiger partial charge is 0.0795 e. The minimum atomic E-state index is -1.99. The van der Waals surface area contributed by atoms with Crippen molar-refractivity contribution in [3.05, 3.63) is 133 Å². The van der Waals surface area contributed by atoms with Crippen LogP contribution in [0.25, 0.3) is 54.8 Å². The number of hydrogen-bond donors (Lipinski definition) is 0. The third-order valence-electron chi connectivity index (χ3n) is 8.99. The molecule has 0 aliphatic rings. The van der Waals surface area contributed by atoms with Crippen LogP contribution >= 0.6 is 0 Å². The molecule has 5 aromatic carbocycles. The first-order valence-corrected chi connectivity index (χ1v) is 27.9. The maximum Gasteiger partial charge on any atom is 0.0795 e. The Morgan fingerprint density at radius 1 is 0.633 bits per heavy atom. The van der Waals surface area contributed by atoms with Crippen LogP contribution < -0.4 is 9.58 Å². The summed E-state index contributed by atoms with van der Waals surface area (Å²) in [6, 6.07) is 43.2. The van der Waals surface area contributed by atoms with Gasteiger partial charge in [-0.05, 0) is 10.9 Å². The second kappa shape index (κ2) is 15.2. The number of nitrogens with zero attached hydrogens (tertiary/aromatic N) is 2. The van der Waals surface area contributed by atoms with E-state index in [0.29, 0.717) is 5.92 Å². The Morgan fingerprint density at radius 3 is 1.76 bits per heavy atom. The van der Waals surface area contributed by atoms with Gasteiger partial charge in [-0.2, -0.15) is 0 Å². The molecule has 7 rings (SSSR count). The van der Waals surface area contributed by atoms with Gasteiger partial charge in [0.1, 0.15) is 0 Å². The van der Waals surface area contributed by atoms with Crippen LogP contribution in [0.3, 0.4) is 0 Å². The van der Waals surface area contributed by atoms with Crippen LogP contribution in [0.5, 0.6) is 0 Å². The molecule has 7 aromatic rings. The van der Waals surface area contributed by atoms with E-state index in [9.17, 15) is 0 Å². The Labute approximate surface area is 310 Å². The van der Waals surface area contributed by atoms with Crippen LogP contribution in [0.15, 0.2) is 116 Å². The van der Waals surface area contributed by atoms with Gasteiger partial charge in [0.2, 0.25) is 0 Å². The number of fused-ring (bicyclic) bond motifs is 6. The summed E-state index contributed by atoms with van der Waals surface area (Å²) in [7, 11) is -1.23. The van der Waals surface area contributed by atoms with Crippen molar-refractivity contribution in [3.63, 3.8) is 0 Å². The average molecular weight is 896 g/mol. The molecule has 0 aliphatic heterocycles. The summed E-state index contributed by atoms with van der Waals surface area (Å²) in [5.41, 5.74) is 5.66. The predicted molar refractivity (Wildman–Crippen MR) is 214 cm³/mol. The molecule has 2 nitrogen and oxygen atoms in total. The molecule has 0 amide bonds. The van der Waals surface area contributed by atoms with Crippen LogP contribution in [0.2, 0.25) is 36.9 Å². The summed E-state index contributed by atoms with van der Waals surface area (Å²) in [5, 5.41) is 9.11. The third-order valence-corrected chi connectivity index (χ3v) is 15.4. The molecule has 0 fully saturated rings. The molecule has 0 aliphatic carbocycles. The Balaban J connectivity index is 0.000000233. The summed E-state index contributed by atoms with van der Waals surface area (Å²) in [4.78, 5) is 9.47. The van der Waals surface area contributed by atoms with E-state index in [0.717, 1.165) is 28.9 Å². The van der Waals surface area contributed by atoms with Crippen LogP contribution in [0.1, 0.15) is 19.4 Å². The second-order valence-corrected chi connectivity index (χ2v) is 30.9. The largest absolute Gasteiger partial charge is 0.305 e. The van der Waals surface area contributed by atoms with E-state index in [1.165, 1.54) is 47.5 Å². The fourth-order valence-electron chi connectivity index (χ4n) is 6.47. The summed E-state index contributed by atoms with van der Waals surface area (Å²) in [5.74, 6) is 8.00. The van der Waals surface area contributed by atoms with Gasteiger partial charge in [0.05, 0.1) is 8.07 Å². The van der Waals surface area contributed by atoms with E-state index in [1.54, 1.807) is 0 Å². The number of pyridine rings is 2. The van der Waals surface area contributed by atoms with E-state index in [1.807, 2.05) is 30.5 Å². The molecule has 0 saturated heterocycles. The fraction of sp³-hybridized carbons (Fsp3) is 0.227. The molecule has 0 spiro atoms. The van der Waals surface area contributed by atoms with Crippen molar-refractivity contribution in [1.82, 2.24) is 9.97 Å². The Bertz CT molecular complexity index is 2160. The van der Waals surface area contributed by atoms with E-state index < -0.39 is 21.3 Å². The molecule has 0 saturated carbocycles. The predicted octanol–water partition coefficient (Wildman–Crippen LogP) is 10.8. The molecule has 49 heavy (non-hydrogen) atoms. The van der Waals surface area contributed by atoms with Crippen molar-refractivity contribution in [2.45, 2.75) is 57.2 Å². The number of aromatic nitrogens is 2. The summed E-state index contributed by atoms with van der Waals surface area (Å²) < 4.78 is 1.53. The first-order chi connectivity index (χ1) is 22.9. The summed E-state index contributed by atoms with van der Waals surface area (Å²) in [6.07, 6.45) is 5.29. The fourth-order valence-corrected chi connectivity index (χ4v) is 10.8. The molecular formula is C44H46GeIrN2Si-2. The van der Waals surface area contributed by atoms with Crippen molar-refractivity contribution in [3.8, 4) is 22.5 Å². The zero-order chi connectivity index (χ0) is 34.1. The minimum absolute atomic E-state index is 0. The Kier molecular flexibility index (Phi) is 11.5. The minimum Gasteiger partial charge on any atom is -0.305 e. The number of benzene rings is 5. The maximum absolute atomic E-state index is 4.95. The van der Waals surface area contributed by atoms with E-state index in [-0.39, 0.29) is 20.1 Å². The van der Waals surface area contributed by atoms with Crippen molar-refractivity contribution < 1.29 is 20.1 Å². The van der Waals surface area contributed by atoms with Crippen LogP contribution in [-0.2, 0) is 26.5 Å². The van der Waals surface area contributed by atoms with Gasteiger partial charge in [0.15, 0.2) is 0 Å². The van der Waals surface area contributed by atoms with Gasteiger partial charge >= 0.3 is 194 Å². The van der Waals surface area contributed by atoms with Crippen LogP contribution in [0, 0.1) is 18.1 Å². The molecular weight excluding hydrogens is 849 g/mol. The normalized spacial score (nSPS) is 11.8. The first kappa shape index (κ1) is 36.9. The monoisotopic (exact) mass is 897 g/mol. The maximum atomic E-state index is 4.95. The van der Waals surface area contributed by atoms with Gasteiger partial charge in [-0.25, -0.2) is 0 Å². The van der Waals surface area contributed by atoms with E-state index in [4.69, 9.17) is 4.98 Å². The number of hydrogen-bond acceptors (Lipinski definition) is 2. The van der Waals surface area contributed by atoms with Gasteiger partial charge in [-0.1, -0.05) is 31.8 Å². The summed E-state index contributed by atoms with van der Waals surface area (Å²) >= 11 is -1.99. The molecule has 2 aromatic heterocycles. The van der Waals surface area contributed by atoms with Crippen LogP contribution in [0.4, 0.5) is 0 Å². The van der Waals surface area contributed by atoms with Crippen molar-refractivity contribution in [2.75, 3.05) is 0 Å². The van der Waals surface area contributed by atoms with Crippen LogP contribution in [-0.4, -0.2) is 31.3 Å². The average Bonchev–Trinajstić information content (AvgIpc) is 3.08. The first-order valence-electron chi connectivity index (χ1n) is 17.1. The molecule has 0 unspecified atom stereocenters.